The molecular weight excluding hydrogens is 304 g/mol. The summed E-state index contributed by atoms with van der Waals surface area (Å²) in [5.74, 6) is 0. The predicted molar refractivity (Wildman–Crippen MR) is 106 cm³/mol. The van der Waals surface area contributed by atoms with Crippen molar-refractivity contribution in [3.05, 3.63) is 96.1 Å². The van der Waals surface area contributed by atoms with Crippen molar-refractivity contribution >= 4 is 0 Å². The molecule has 1 atom stereocenters. The van der Waals surface area contributed by atoms with Gasteiger partial charge in [0.2, 0.25) is 0 Å². The summed E-state index contributed by atoms with van der Waals surface area (Å²) in [6, 6.07) is 30.4. The van der Waals surface area contributed by atoms with Crippen molar-refractivity contribution in [2.75, 3.05) is 20.6 Å². The van der Waals surface area contributed by atoms with Gasteiger partial charge in [0, 0.05) is 19.1 Å². The topological polar surface area (TPSA) is 15.3 Å². The van der Waals surface area contributed by atoms with Crippen LogP contribution in [0.1, 0.15) is 17.2 Å². The van der Waals surface area contributed by atoms with Crippen molar-refractivity contribution in [3.63, 3.8) is 0 Å². The summed E-state index contributed by atoms with van der Waals surface area (Å²) in [6.45, 7) is 1.93. The highest BCUT2D eigenvalue weighted by molar-refractivity contribution is 5.63. The number of benzene rings is 3. The second-order valence-electron chi connectivity index (χ2n) is 6.51. The largest absolute Gasteiger partial charge is 0.312 e. The molecule has 3 aromatic rings. The van der Waals surface area contributed by atoms with E-state index in [1.165, 1.54) is 22.3 Å². The maximum absolute atomic E-state index is 3.45. The van der Waals surface area contributed by atoms with Crippen molar-refractivity contribution in [1.82, 2.24) is 10.2 Å². The minimum Gasteiger partial charge on any atom is -0.312 e. The lowest BCUT2D eigenvalue weighted by molar-refractivity contribution is 0.289. The van der Waals surface area contributed by atoms with Crippen LogP contribution in [0.4, 0.5) is 0 Å². The smallest absolute Gasteiger partial charge is 0.0446 e. The SMILES string of the molecule is CNC(CN(C)Cc1ccccc1)c1ccc(-c2ccccc2)cc1. The fourth-order valence-corrected chi connectivity index (χ4v) is 3.17. The van der Waals surface area contributed by atoms with Crippen LogP contribution in [0.25, 0.3) is 11.1 Å². The van der Waals surface area contributed by atoms with E-state index in [0.717, 1.165) is 13.1 Å². The van der Waals surface area contributed by atoms with Crippen molar-refractivity contribution in [2.24, 2.45) is 0 Å². The van der Waals surface area contributed by atoms with E-state index >= 15 is 0 Å². The van der Waals surface area contributed by atoms with Gasteiger partial charge in [0.25, 0.3) is 0 Å². The summed E-state index contributed by atoms with van der Waals surface area (Å²) in [4.78, 5) is 2.36. The van der Waals surface area contributed by atoms with Crippen LogP contribution in [0, 0.1) is 0 Å². The highest BCUT2D eigenvalue weighted by Crippen LogP contribution is 2.22. The molecule has 1 N–H and O–H groups in total. The van der Waals surface area contributed by atoms with Crippen LogP contribution in [0.2, 0.25) is 0 Å². The van der Waals surface area contributed by atoms with Crippen molar-refractivity contribution in [1.29, 1.82) is 0 Å². The molecule has 1 unspecified atom stereocenters. The summed E-state index contributed by atoms with van der Waals surface area (Å²) in [5.41, 5.74) is 5.19. The molecule has 0 saturated carbocycles. The van der Waals surface area contributed by atoms with Gasteiger partial charge in [0.1, 0.15) is 0 Å². The van der Waals surface area contributed by atoms with Crippen LogP contribution in [-0.2, 0) is 6.54 Å². The Kier molecular flexibility index (Phi) is 5.99. The zero-order valence-corrected chi connectivity index (χ0v) is 15.0. The molecule has 0 aromatic heterocycles. The Morgan fingerprint density at radius 1 is 0.760 bits per heavy atom. The number of rotatable bonds is 7. The molecule has 2 heteroatoms. The fraction of sp³-hybridized carbons (Fsp3) is 0.217. The zero-order valence-electron chi connectivity index (χ0n) is 15.0. The van der Waals surface area contributed by atoms with E-state index in [0.29, 0.717) is 6.04 Å². The van der Waals surface area contributed by atoms with Gasteiger partial charge in [-0.25, -0.2) is 0 Å². The van der Waals surface area contributed by atoms with Gasteiger partial charge in [0.15, 0.2) is 0 Å². The molecule has 3 aromatic carbocycles. The minimum absolute atomic E-state index is 0.318. The maximum Gasteiger partial charge on any atom is 0.0446 e. The highest BCUT2D eigenvalue weighted by atomic mass is 15.1. The monoisotopic (exact) mass is 330 g/mol. The van der Waals surface area contributed by atoms with Gasteiger partial charge in [-0.1, -0.05) is 84.9 Å². The second-order valence-corrected chi connectivity index (χ2v) is 6.51. The molecule has 0 fully saturated rings. The lowest BCUT2D eigenvalue weighted by atomic mass is 10.0. The fourth-order valence-electron chi connectivity index (χ4n) is 3.17. The molecule has 0 heterocycles. The average molecular weight is 330 g/mol. The first-order chi connectivity index (χ1) is 12.3. The minimum atomic E-state index is 0.318. The van der Waals surface area contributed by atoms with Crippen LogP contribution in [0.5, 0.6) is 0 Å². The Morgan fingerprint density at radius 3 is 1.92 bits per heavy atom. The molecule has 2 nitrogen and oxygen atoms in total. The van der Waals surface area contributed by atoms with E-state index in [2.05, 4.69) is 102 Å². The third-order valence-corrected chi connectivity index (χ3v) is 4.56. The van der Waals surface area contributed by atoms with Gasteiger partial charge >= 0.3 is 0 Å². The quantitative estimate of drug-likeness (QED) is 0.673. The summed E-state index contributed by atoms with van der Waals surface area (Å²) in [7, 11) is 4.21. The summed E-state index contributed by atoms with van der Waals surface area (Å²) < 4.78 is 0. The zero-order chi connectivity index (χ0) is 17.5. The number of hydrogen-bond acceptors (Lipinski definition) is 2. The number of hydrogen-bond donors (Lipinski definition) is 1. The van der Waals surface area contributed by atoms with Gasteiger partial charge in [0.05, 0.1) is 0 Å². The molecule has 0 radical (unpaired) electrons. The summed E-state index contributed by atoms with van der Waals surface area (Å²) in [6.07, 6.45) is 0. The Labute approximate surface area is 151 Å². The third-order valence-electron chi connectivity index (χ3n) is 4.56. The lowest BCUT2D eigenvalue weighted by Crippen LogP contribution is -2.30. The van der Waals surface area contributed by atoms with Crippen molar-refractivity contribution < 1.29 is 0 Å². The van der Waals surface area contributed by atoms with E-state index in [4.69, 9.17) is 0 Å². The van der Waals surface area contributed by atoms with Crippen LogP contribution in [0.15, 0.2) is 84.9 Å². The van der Waals surface area contributed by atoms with Crippen molar-refractivity contribution in [3.8, 4) is 11.1 Å². The Bertz CT molecular complexity index is 751. The number of likely N-dealkylation sites (N-methyl/N-ethyl adjacent to an activating group) is 2. The van der Waals surface area contributed by atoms with E-state index in [1.807, 2.05) is 7.05 Å². The Balaban J connectivity index is 1.66. The molecule has 0 aliphatic rings. The molecule has 3 rings (SSSR count). The lowest BCUT2D eigenvalue weighted by Gasteiger charge is -2.24. The Morgan fingerprint density at radius 2 is 1.32 bits per heavy atom. The van der Waals surface area contributed by atoms with Gasteiger partial charge in [-0.05, 0) is 36.3 Å². The third kappa shape index (κ3) is 4.79. The van der Waals surface area contributed by atoms with Gasteiger partial charge in [-0.2, -0.15) is 0 Å². The molecule has 0 aliphatic heterocycles. The predicted octanol–water partition coefficient (Wildman–Crippen LogP) is 4.75. The number of nitrogens with zero attached hydrogens (tertiary/aromatic N) is 1. The first kappa shape index (κ1) is 17.4. The highest BCUT2D eigenvalue weighted by Gasteiger charge is 2.12. The van der Waals surface area contributed by atoms with Crippen LogP contribution >= 0.6 is 0 Å². The molecule has 0 amide bonds. The van der Waals surface area contributed by atoms with E-state index in [-0.39, 0.29) is 0 Å². The van der Waals surface area contributed by atoms with Crippen molar-refractivity contribution in [2.45, 2.75) is 12.6 Å². The van der Waals surface area contributed by atoms with Crippen LogP contribution in [-0.4, -0.2) is 25.5 Å². The standard InChI is InChI=1S/C23H26N2/c1-24-23(18-25(2)17-19-9-5-3-6-10-19)22-15-13-21(14-16-22)20-11-7-4-8-12-20/h3-16,23-24H,17-18H2,1-2H3. The molecule has 0 aliphatic carbocycles. The molecular formula is C23H26N2. The summed E-state index contributed by atoms with van der Waals surface area (Å²) >= 11 is 0. The molecule has 25 heavy (non-hydrogen) atoms. The molecule has 0 spiro atoms. The maximum atomic E-state index is 3.45. The van der Waals surface area contributed by atoms with E-state index in [1.54, 1.807) is 0 Å². The average Bonchev–Trinajstić information content (AvgIpc) is 2.68. The van der Waals surface area contributed by atoms with E-state index in [9.17, 15) is 0 Å². The van der Waals surface area contributed by atoms with Gasteiger partial charge in [-0.3, -0.25) is 0 Å². The van der Waals surface area contributed by atoms with Gasteiger partial charge < -0.3 is 10.2 Å². The second kappa shape index (κ2) is 8.61. The first-order valence-corrected chi connectivity index (χ1v) is 8.81. The number of nitrogens with one attached hydrogen (secondary N) is 1. The Hall–Kier alpha value is -2.42. The summed E-state index contributed by atoms with van der Waals surface area (Å²) in [5, 5.41) is 3.45. The molecule has 0 saturated heterocycles. The van der Waals surface area contributed by atoms with Crippen LogP contribution in [0.3, 0.4) is 0 Å². The first-order valence-electron chi connectivity index (χ1n) is 8.81. The molecule has 0 bridgehead atoms. The van der Waals surface area contributed by atoms with E-state index < -0.39 is 0 Å². The van der Waals surface area contributed by atoms with Crippen LogP contribution < -0.4 is 5.32 Å². The normalized spacial score (nSPS) is 12.3. The van der Waals surface area contributed by atoms with Gasteiger partial charge in [-0.15, -0.1) is 0 Å². The molecule has 128 valence electrons.